The Morgan fingerprint density at radius 3 is 2.39 bits per heavy atom. The maximum absolute atomic E-state index is 13.2. The fourth-order valence-electron chi connectivity index (χ4n) is 2.47. The van der Waals surface area contributed by atoms with Gasteiger partial charge in [-0.3, -0.25) is 15.1 Å². The number of rotatable bonds is 11. The minimum Gasteiger partial charge on any atom is -0.464 e. The van der Waals surface area contributed by atoms with Crippen LogP contribution in [-0.4, -0.2) is 46.8 Å². The molecule has 2 rings (SSSR count). The molecule has 158 valence electrons. The minimum atomic E-state index is -4.17. The third-order valence-corrected chi connectivity index (χ3v) is 6.31. The zero-order valence-corrected chi connectivity index (χ0v) is 17.2. The number of benzene rings is 1. The number of esters is 1. The maximum atomic E-state index is 13.2. The predicted molar refractivity (Wildman–Crippen MR) is 102 cm³/mol. The Morgan fingerprint density at radius 1 is 1.32 bits per heavy atom. The van der Waals surface area contributed by atoms with E-state index in [0.717, 1.165) is 12.8 Å². The molecule has 1 fully saturated rings. The summed E-state index contributed by atoms with van der Waals surface area (Å²) in [6.07, 6.45) is -0.987. The van der Waals surface area contributed by atoms with Gasteiger partial charge in [-0.15, -0.1) is 0 Å². The van der Waals surface area contributed by atoms with E-state index < -0.39 is 37.7 Å². The number of nitrogens with two attached hydrogens (primary N) is 1. The average Bonchev–Trinajstić information content (AvgIpc) is 3.12. The normalized spacial score (nSPS) is 27.1. The van der Waals surface area contributed by atoms with Crippen LogP contribution in [0.2, 0.25) is 0 Å². The van der Waals surface area contributed by atoms with Crippen molar-refractivity contribution in [1.29, 1.82) is 0 Å². The third-order valence-electron chi connectivity index (χ3n) is 4.65. The van der Waals surface area contributed by atoms with Crippen molar-refractivity contribution in [2.45, 2.75) is 57.6 Å². The van der Waals surface area contributed by atoms with E-state index in [1.807, 2.05) is 13.8 Å². The second-order valence-corrected chi connectivity index (χ2v) is 8.57. The first-order valence-electron chi connectivity index (χ1n) is 9.29. The van der Waals surface area contributed by atoms with Crippen LogP contribution in [0, 0.1) is 5.92 Å². The van der Waals surface area contributed by atoms with Gasteiger partial charge in [0.2, 0.25) is 0 Å². The van der Waals surface area contributed by atoms with Crippen LogP contribution < -0.4 is 15.3 Å². The summed E-state index contributed by atoms with van der Waals surface area (Å²) in [7, 11) is -4.17. The lowest BCUT2D eigenvalue weighted by Crippen LogP contribution is -2.37. The molecule has 5 atom stereocenters. The Kier molecular flexibility index (Phi) is 7.61. The van der Waals surface area contributed by atoms with Gasteiger partial charge in [0, 0.05) is 0 Å². The van der Waals surface area contributed by atoms with Gasteiger partial charge in [0.15, 0.2) is 5.72 Å². The SMILES string of the molecule is CCC(CC)COC(=O)[C@H](C)NP(=O)(Oc1ccccc1)OC1[C@@H](O)C1(N)O. The van der Waals surface area contributed by atoms with Crippen molar-refractivity contribution < 1.29 is 33.4 Å². The largest absolute Gasteiger partial charge is 0.464 e. The number of aliphatic hydroxyl groups is 2. The third kappa shape index (κ3) is 5.76. The summed E-state index contributed by atoms with van der Waals surface area (Å²) in [5, 5.41) is 21.9. The van der Waals surface area contributed by atoms with Gasteiger partial charge in [-0.25, -0.2) is 4.57 Å². The van der Waals surface area contributed by atoms with Crippen molar-refractivity contribution in [2.75, 3.05) is 6.61 Å². The van der Waals surface area contributed by atoms with Crippen LogP contribution in [0.25, 0.3) is 0 Å². The standard InChI is InChI=1S/C18H29N2O7P/c1-4-13(5-2)11-25-17(22)12(3)20-28(24,26-14-9-7-6-8-10-14)27-16-15(21)18(16,19)23/h6-10,12-13,15-16,21,23H,4-5,11,19H2,1-3H3,(H,20,24)/t12-,15+,16?,18?,28?/m0/s1. The molecular weight excluding hydrogens is 387 g/mol. The lowest BCUT2D eigenvalue weighted by Gasteiger charge is -2.23. The van der Waals surface area contributed by atoms with E-state index in [4.69, 9.17) is 19.5 Å². The van der Waals surface area contributed by atoms with Gasteiger partial charge >= 0.3 is 13.7 Å². The van der Waals surface area contributed by atoms with E-state index in [1.165, 1.54) is 6.92 Å². The van der Waals surface area contributed by atoms with Gasteiger partial charge in [-0.1, -0.05) is 44.9 Å². The van der Waals surface area contributed by atoms with Crippen LogP contribution in [0.15, 0.2) is 30.3 Å². The van der Waals surface area contributed by atoms with Gasteiger partial charge in [-0.05, 0) is 25.0 Å². The molecule has 1 aromatic rings. The fourth-order valence-corrected chi connectivity index (χ4v) is 4.19. The summed E-state index contributed by atoms with van der Waals surface area (Å²) in [5.74, 6) is -0.160. The summed E-state index contributed by atoms with van der Waals surface area (Å²) < 4.78 is 29.1. The van der Waals surface area contributed by atoms with E-state index >= 15 is 0 Å². The number of hydrogen-bond donors (Lipinski definition) is 4. The first-order valence-corrected chi connectivity index (χ1v) is 10.8. The molecule has 0 radical (unpaired) electrons. The second-order valence-electron chi connectivity index (χ2n) is 6.92. The average molecular weight is 416 g/mol. The van der Waals surface area contributed by atoms with Crippen LogP contribution in [0.3, 0.4) is 0 Å². The van der Waals surface area contributed by atoms with Gasteiger partial charge in [-0.2, -0.15) is 5.09 Å². The first kappa shape index (κ1) is 22.8. The van der Waals surface area contributed by atoms with E-state index in [1.54, 1.807) is 30.3 Å². The highest BCUT2D eigenvalue weighted by Crippen LogP contribution is 2.52. The number of para-hydroxylation sites is 1. The molecule has 0 saturated heterocycles. The number of carbonyl (C=O) groups is 1. The van der Waals surface area contributed by atoms with Crippen LogP contribution in [0.5, 0.6) is 5.75 Å². The Bertz CT molecular complexity index is 696. The zero-order valence-electron chi connectivity index (χ0n) is 16.3. The topological polar surface area (TPSA) is 140 Å². The van der Waals surface area contributed by atoms with Crippen LogP contribution in [0.4, 0.5) is 0 Å². The fraction of sp³-hybridized carbons (Fsp3) is 0.611. The molecule has 0 heterocycles. The first-order chi connectivity index (χ1) is 13.1. The Balaban J connectivity index is 2.06. The maximum Gasteiger partial charge on any atom is 0.459 e. The van der Waals surface area contributed by atoms with Crippen molar-refractivity contribution in [3.8, 4) is 5.75 Å². The van der Waals surface area contributed by atoms with Crippen LogP contribution in [-0.2, 0) is 18.6 Å². The number of nitrogens with one attached hydrogen (secondary N) is 1. The number of hydrogen-bond acceptors (Lipinski definition) is 8. The molecule has 0 spiro atoms. The van der Waals surface area contributed by atoms with E-state index in [0.29, 0.717) is 0 Å². The number of carbonyl (C=O) groups excluding carboxylic acids is 1. The van der Waals surface area contributed by atoms with Gasteiger partial charge in [0.05, 0.1) is 6.61 Å². The summed E-state index contributed by atoms with van der Waals surface area (Å²) in [5.41, 5.74) is 3.41. The Hall–Kier alpha value is -1.48. The Morgan fingerprint density at radius 2 is 1.89 bits per heavy atom. The van der Waals surface area contributed by atoms with Crippen molar-refractivity contribution in [3.05, 3.63) is 30.3 Å². The lowest BCUT2D eigenvalue weighted by molar-refractivity contribution is -0.146. The van der Waals surface area contributed by atoms with Crippen molar-refractivity contribution >= 4 is 13.7 Å². The molecule has 1 aromatic carbocycles. The van der Waals surface area contributed by atoms with Crippen LogP contribution in [0.1, 0.15) is 33.6 Å². The molecule has 0 amide bonds. The highest BCUT2D eigenvalue weighted by atomic mass is 31.2. The highest BCUT2D eigenvalue weighted by Gasteiger charge is 2.66. The number of ether oxygens (including phenoxy) is 1. The smallest absolute Gasteiger partial charge is 0.459 e. The molecule has 1 aliphatic carbocycles. The van der Waals surface area contributed by atoms with E-state index in [9.17, 15) is 19.6 Å². The number of aliphatic hydroxyl groups excluding tert-OH is 1. The van der Waals surface area contributed by atoms with Crippen molar-refractivity contribution in [1.82, 2.24) is 5.09 Å². The molecule has 5 N–H and O–H groups in total. The molecule has 9 nitrogen and oxygen atoms in total. The van der Waals surface area contributed by atoms with Gasteiger partial charge in [0.25, 0.3) is 0 Å². The second kappa shape index (κ2) is 9.35. The van der Waals surface area contributed by atoms with Gasteiger partial charge < -0.3 is 19.5 Å². The molecule has 1 saturated carbocycles. The summed E-state index contributed by atoms with van der Waals surface area (Å²) >= 11 is 0. The molecular formula is C18H29N2O7P. The quantitative estimate of drug-likeness (QED) is 0.240. The Labute approximate surface area is 164 Å². The molecule has 3 unspecified atom stereocenters. The minimum absolute atomic E-state index is 0.214. The van der Waals surface area contributed by atoms with E-state index in [-0.39, 0.29) is 18.3 Å². The van der Waals surface area contributed by atoms with Crippen molar-refractivity contribution in [2.24, 2.45) is 11.7 Å². The van der Waals surface area contributed by atoms with Gasteiger partial charge in [0.1, 0.15) is 24.0 Å². The monoisotopic (exact) mass is 416 g/mol. The molecule has 1 aliphatic rings. The van der Waals surface area contributed by atoms with Crippen LogP contribution >= 0.6 is 7.75 Å². The summed E-state index contributed by atoms with van der Waals surface area (Å²) in [6.45, 7) is 5.73. The zero-order chi connectivity index (χ0) is 20.9. The molecule has 0 bridgehead atoms. The molecule has 28 heavy (non-hydrogen) atoms. The lowest BCUT2D eigenvalue weighted by atomic mass is 10.1. The van der Waals surface area contributed by atoms with E-state index in [2.05, 4.69) is 5.09 Å². The predicted octanol–water partition coefficient (Wildman–Crippen LogP) is 1.54. The molecule has 0 aromatic heterocycles. The summed E-state index contributed by atoms with van der Waals surface area (Å²) in [6, 6.07) is 7.15. The highest BCUT2D eigenvalue weighted by molar-refractivity contribution is 7.52. The molecule has 10 heteroatoms. The van der Waals surface area contributed by atoms with Crippen molar-refractivity contribution in [3.63, 3.8) is 0 Å². The summed E-state index contributed by atoms with van der Waals surface area (Å²) in [4.78, 5) is 12.3. The molecule has 0 aliphatic heterocycles.